The van der Waals surface area contributed by atoms with E-state index >= 15 is 0 Å². The first-order chi connectivity index (χ1) is 13.1. The van der Waals surface area contributed by atoms with Crippen LogP contribution < -0.4 is 0 Å². The van der Waals surface area contributed by atoms with Gasteiger partial charge >= 0.3 is 0 Å². The minimum absolute atomic E-state index is 0.0957. The van der Waals surface area contributed by atoms with Gasteiger partial charge in [0.15, 0.2) is 20.9 Å². The number of hydrogen-bond acceptors (Lipinski definition) is 6. The normalized spacial score (nSPS) is 46.2. The van der Waals surface area contributed by atoms with Crippen LogP contribution in [0.4, 0.5) is 0 Å². The van der Waals surface area contributed by atoms with Gasteiger partial charge in [-0.15, -0.1) is 0 Å². The van der Waals surface area contributed by atoms with Crippen LogP contribution in [0.3, 0.4) is 0 Å². The Kier molecular flexibility index (Phi) is 6.76. The van der Waals surface area contributed by atoms with Crippen LogP contribution in [-0.4, -0.2) is 58.5 Å². The minimum atomic E-state index is -1.66. The third-order valence-corrected chi connectivity index (χ3v) is 7.61. The summed E-state index contributed by atoms with van der Waals surface area (Å²) >= 11 is 0. The second-order valence-electron chi connectivity index (χ2n) is 9.58. The molecule has 10 atom stereocenters. The molecule has 3 aliphatic rings. The topological polar surface area (TPSA) is 94.9 Å². The maximum Gasteiger partial charge on any atom is 0.183 e. The van der Waals surface area contributed by atoms with Gasteiger partial charge in [-0.05, 0) is 42.9 Å². The highest BCUT2D eigenvalue weighted by Gasteiger charge is 2.50. The molecule has 0 aromatic heterocycles. The Morgan fingerprint density at radius 3 is 2.39 bits per heavy atom. The fraction of sp³-hybridized carbons (Fsp3) is 1.00. The molecule has 2 bridgehead atoms. The summed E-state index contributed by atoms with van der Waals surface area (Å²) in [6.45, 7) is 16.1. The maximum absolute atomic E-state index is 9.10. The van der Waals surface area contributed by atoms with E-state index in [1.165, 1.54) is 0 Å². The summed E-state index contributed by atoms with van der Waals surface area (Å²) in [7, 11) is -1.66. The molecule has 160 valence electrons. The Morgan fingerprint density at radius 1 is 1.04 bits per heavy atom. The molecular weight excluding hydrogens is 378 g/mol. The maximum atomic E-state index is 9.10. The molecule has 0 spiro atoms. The molecule has 28 heavy (non-hydrogen) atoms. The van der Waals surface area contributed by atoms with E-state index in [1.54, 1.807) is 0 Å². The van der Waals surface area contributed by atoms with Crippen molar-refractivity contribution in [3.05, 3.63) is 10.4 Å². The van der Waals surface area contributed by atoms with Crippen molar-refractivity contribution in [3.8, 4) is 0 Å². The fourth-order valence-corrected chi connectivity index (χ4v) is 4.93. The predicted molar refractivity (Wildman–Crippen MR) is 107 cm³/mol. The van der Waals surface area contributed by atoms with Gasteiger partial charge in [-0.25, -0.2) is 0 Å². The molecule has 4 unspecified atom stereocenters. The number of fused-ring (bicyclic) bond motifs is 2. The smallest absolute Gasteiger partial charge is 0.183 e. The Hall–Kier alpha value is -0.673. The standard InChI is InChI=1S/C19H35N3O5Si/c1-10-11(2)16(21-22-20)19(25-14(10)9-24-28(5,6)7)27-17-12(3)13(4)18-23-8-15(17)26-18/h10-19H,8-9H2,1-7H3/t10-,11-,12+,13?,14?,15?,16?,17-,18+,19+/m0/s1. The van der Waals surface area contributed by atoms with Gasteiger partial charge in [0.25, 0.3) is 0 Å². The largest absolute Gasteiger partial charge is 0.415 e. The van der Waals surface area contributed by atoms with E-state index in [4.69, 9.17) is 28.9 Å². The lowest BCUT2D eigenvalue weighted by Crippen LogP contribution is -2.55. The van der Waals surface area contributed by atoms with Crippen LogP contribution in [-0.2, 0) is 23.4 Å². The van der Waals surface area contributed by atoms with Crippen molar-refractivity contribution in [2.45, 2.75) is 84.3 Å². The van der Waals surface area contributed by atoms with Gasteiger partial charge in [0.05, 0.1) is 31.5 Å². The third kappa shape index (κ3) is 4.56. The van der Waals surface area contributed by atoms with Crippen LogP contribution in [0, 0.1) is 23.7 Å². The molecule has 0 aliphatic carbocycles. The predicted octanol–water partition coefficient (Wildman–Crippen LogP) is 3.93. The van der Waals surface area contributed by atoms with E-state index in [-0.39, 0.29) is 54.3 Å². The summed E-state index contributed by atoms with van der Waals surface area (Å²) in [6, 6.07) is -0.384. The Morgan fingerprint density at radius 2 is 1.75 bits per heavy atom. The summed E-state index contributed by atoms with van der Waals surface area (Å²) in [5.41, 5.74) is 9.10. The van der Waals surface area contributed by atoms with Crippen LogP contribution >= 0.6 is 0 Å². The zero-order valence-corrected chi connectivity index (χ0v) is 19.1. The molecular formula is C19H35N3O5Si. The van der Waals surface area contributed by atoms with Crippen molar-refractivity contribution in [3.63, 3.8) is 0 Å². The molecule has 0 amide bonds. The molecule has 3 saturated heterocycles. The van der Waals surface area contributed by atoms with Gasteiger partial charge in [0.1, 0.15) is 6.10 Å². The Balaban J connectivity index is 1.76. The number of azide groups is 1. The molecule has 0 N–H and O–H groups in total. The van der Waals surface area contributed by atoms with Gasteiger partial charge in [0.2, 0.25) is 0 Å². The van der Waals surface area contributed by atoms with Crippen molar-refractivity contribution >= 4 is 8.32 Å². The van der Waals surface area contributed by atoms with Crippen molar-refractivity contribution in [2.24, 2.45) is 28.8 Å². The first-order valence-corrected chi connectivity index (χ1v) is 13.8. The van der Waals surface area contributed by atoms with Gasteiger partial charge in [0, 0.05) is 10.8 Å². The lowest BCUT2D eigenvalue weighted by molar-refractivity contribution is -0.286. The average molecular weight is 414 g/mol. The molecule has 0 radical (unpaired) electrons. The molecule has 0 aromatic carbocycles. The highest BCUT2D eigenvalue weighted by Crippen LogP contribution is 2.41. The van der Waals surface area contributed by atoms with Crippen LogP contribution in [0.25, 0.3) is 10.4 Å². The molecule has 3 heterocycles. The lowest BCUT2D eigenvalue weighted by atomic mass is 9.82. The summed E-state index contributed by atoms with van der Waals surface area (Å²) < 4.78 is 30.6. The van der Waals surface area contributed by atoms with Gasteiger partial charge in [-0.2, -0.15) is 0 Å². The third-order valence-electron chi connectivity index (χ3n) is 6.58. The number of rotatable bonds is 6. The molecule has 3 rings (SSSR count). The summed E-state index contributed by atoms with van der Waals surface area (Å²) in [6.07, 6.45) is -1.14. The van der Waals surface area contributed by atoms with E-state index in [2.05, 4.69) is 57.4 Å². The first-order valence-electron chi connectivity index (χ1n) is 10.4. The van der Waals surface area contributed by atoms with E-state index < -0.39 is 14.6 Å². The Bertz CT molecular complexity index is 597. The van der Waals surface area contributed by atoms with E-state index in [0.29, 0.717) is 13.2 Å². The van der Waals surface area contributed by atoms with E-state index in [1.807, 2.05) is 0 Å². The molecule has 9 heteroatoms. The van der Waals surface area contributed by atoms with E-state index in [9.17, 15) is 0 Å². The number of nitrogens with zero attached hydrogens (tertiary/aromatic N) is 3. The van der Waals surface area contributed by atoms with Crippen LogP contribution in [0.5, 0.6) is 0 Å². The number of hydrogen-bond donors (Lipinski definition) is 0. The van der Waals surface area contributed by atoms with Gasteiger partial charge in [-0.1, -0.05) is 32.8 Å². The minimum Gasteiger partial charge on any atom is -0.415 e. The summed E-state index contributed by atoms with van der Waals surface area (Å²) in [4.78, 5) is 3.06. The van der Waals surface area contributed by atoms with Crippen molar-refractivity contribution in [1.29, 1.82) is 0 Å². The van der Waals surface area contributed by atoms with Crippen LogP contribution in [0.1, 0.15) is 27.7 Å². The monoisotopic (exact) mass is 413 g/mol. The molecule has 0 saturated carbocycles. The van der Waals surface area contributed by atoms with Crippen LogP contribution in [0.15, 0.2) is 5.11 Å². The lowest BCUT2D eigenvalue weighted by Gasteiger charge is -2.46. The Labute approximate surface area is 168 Å². The van der Waals surface area contributed by atoms with Gasteiger partial charge in [-0.3, -0.25) is 0 Å². The molecule has 0 aromatic rings. The average Bonchev–Trinajstić information content (AvgIpc) is 3.07. The summed E-state index contributed by atoms with van der Waals surface area (Å²) in [5.74, 6) is 0.806. The van der Waals surface area contributed by atoms with Crippen molar-refractivity contribution < 1.29 is 23.4 Å². The SMILES string of the molecule is CC1[C@@H]2OCC(O2)[C@@H](O[C@H]2OC(CO[Si](C)(C)C)[C@@H](C)[C@H](C)C2N=[N+]=[N-])[C@@H]1C. The molecule has 3 fully saturated rings. The highest BCUT2D eigenvalue weighted by molar-refractivity contribution is 6.69. The number of ether oxygens (including phenoxy) is 4. The van der Waals surface area contributed by atoms with Crippen LogP contribution in [0.2, 0.25) is 19.6 Å². The summed E-state index contributed by atoms with van der Waals surface area (Å²) in [5, 5.41) is 4.04. The van der Waals surface area contributed by atoms with E-state index in [0.717, 1.165) is 0 Å². The van der Waals surface area contributed by atoms with Crippen molar-refractivity contribution in [1.82, 2.24) is 0 Å². The molecule has 3 aliphatic heterocycles. The second kappa shape index (κ2) is 8.59. The van der Waals surface area contributed by atoms with Crippen molar-refractivity contribution in [2.75, 3.05) is 13.2 Å². The zero-order chi connectivity index (χ0) is 20.6. The first kappa shape index (κ1) is 22.0. The van der Waals surface area contributed by atoms with Gasteiger partial charge < -0.3 is 23.4 Å². The fourth-order valence-electron chi connectivity index (χ4n) is 4.27. The highest BCUT2D eigenvalue weighted by atomic mass is 28.4. The zero-order valence-electron chi connectivity index (χ0n) is 18.1. The second-order valence-corrected chi connectivity index (χ2v) is 14.1. The quantitative estimate of drug-likeness (QED) is 0.285. The molecule has 8 nitrogen and oxygen atoms in total.